The fraction of sp³-hybridized carbons (Fsp3) is 0.267. The molecule has 1 atom stereocenters. The van der Waals surface area contributed by atoms with Crippen LogP contribution in [0.3, 0.4) is 0 Å². The highest BCUT2D eigenvalue weighted by Gasteiger charge is 2.25. The first-order valence-corrected chi connectivity index (χ1v) is 6.99. The third-order valence-electron chi connectivity index (χ3n) is 4.00. The van der Waals surface area contributed by atoms with Crippen LogP contribution in [0.1, 0.15) is 18.2 Å². The third kappa shape index (κ3) is 1.91. The first kappa shape index (κ1) is 12.1. The van der Waals surface area contributed by atoms with Gasteiger partial charge in [-0.05, 0) is 25.0 Å². The van der Waals surface area contributed by atoms with Crippen molar-refractivity contribution in [3.8, 4) is 0 Å². The Morgan fingerprint density at radius 3 is 3.14 bits per heavy atom. The van der Waals surface area contributed by atoms with Gasteiger partial charge in [-0.25, -0.2) is 9.97 Å². The van der Waals surface area contributed by atoms with Crippen LogP contribution in [0.25, 0.3) is 5.78 Å². The number of hydrogen-bond acceptors (Lipinski definition) is 4. The van der Waals surface area contributed by atoms with Crippen molar-refractivity contribution in [2.45, 2.75) is 25.9 Å². The summed E-state index contributed by atoms with van der Waals surface area (Å²) < 4.78 is 1.34. The zero-order valence-electron chi connectivity index (χ0n) is 11.7. The molecule has 1 aliphatic heterocycles. The molecule has 1 unspecified atom stereocenters. The van der Waals surface area contributed by atoms with Gasteiger partial charge in [-0.1, -0.05) is 18.2 Å². The minimum absolute atomic E-state index is 0.132. The van der Waals surface area contributed by atoms with E-state index >= 15 is 0 Å². The Morgan fingerprint density at radius 2 is 2.24 bits per heavy atom. The summed E-state index contributed by atoms with van der Waals surface area (Å²) in [5.74, 6) is 0.414. The van der Waals surface area contributed by atoms with Crippen LogP contribution in [0.4, 0.5) is 5.69 Å². The van der Waals surface area contributed by atoms with E-state index < -0.39 is 0 Å². The number of hydrogen-bond donors (Lipinski definition) is 1. The summed E-state index contributed by atoms with van der Waals surface area (Å²) in [7, 11) is 0. The summed E-state index contributed by atoms with van der Waals surface area (Å²) in [6, 6.07) is 10.4. The summed E-state index contributed by atoms with van der Waals surface area (Å²) in [4.78, 5) is 22.8. The average Bonchev–Trinajstić information content (AvgIpc) is 3.05. The van der Waals surface area contributed by atoms with Crippen molar-refractivity contribution in [1.82, 2.24) is 19.6 Å². The first-order chi connectivity index (χ1) is 10.2. The molecule has 0 saturated carbocycles. The van der Waals surface area contributed by atoms with Crippen LogP contribution in [0, 0.1) is 0 Å². The van der Waals surface area contributed by atoms with E-state index in [0.29, 0.717) is 18.4 Å². The zero-order valence-corrected chi connectivity index (χ0v) is 11.7. The maximum Gasteiger partial charge on any atom is 0.274 e. The maximum absolute atomic E-state index is 12.0. The minimum atomic E-state index is -0.132. The molecule has 1 aliphatic rings. The minimum Gasteiger partial charge on any atom is -0.362 e. The van der Waals surface area contributed by atoms with Gasteiger partial charge < -0.3 is 4.90 Å². The molecule has 3 aromatic rings. The molecule has 3 heterocycles. The molecule has 0 radical (unpaired) electrons. The van der Waals surface area contributed by atoms with Gasteiger partial charge in [0, 0.05) is 17.8 Å². The van der Waals surface area contributed by atoms with Gasteiger partial charge in [-0.3, -0.25) is 9.89 Å². The molecule has 1 N–H and O–H groups in total. The van der Waals surface area contributed by atoms with Crippen molar-refractivity contribution >= 4 is 11.5 Å². The smallest absolute Gasteiger partial charge is 0.274 e. The molecule has 106 valence electrons. The average molecular weight is 281 g/mol. The van der Waals surface area contributed by atoms with Crippen LogP contribution in [0.5, 0.6) is 0 Å². The fourth-order valence-electron chi connectivity index (χ4n) is 2.99. The first-order valence-electron chi connectivity index (χ1n) is 6.99. The molecule has 21 heavy (non-hydrogen) atoms. The van der Waals surface area contributed by atoms with E-state index in [1.807, 2.05) is 6.07 Å². The molecule has 2 aromatic heterocycles. The van der Waals surface area contributed by atoms with E-state index in [-0.39, 0.29) is 5.56 Å². The standard InChI is InChI=1S/C15H15N5O/c1-10-6-11-4-2-3-5-13(11)19(10)8-12-7-14(21)20-15(18-12)16-9-17-20/h2-5,7,9-10H,6,8H2,1H3,(H,16,17,18). The quantitative estimate of drug-likeness (QED) is 0.770. The summed E-state index contributed by atoms with van der Waals surface area (Å²) in [5, 5.41) is 2.75. The molecule has 0 aliphatic carbocycles. The summed E-state index contributed by atoms with van der Waals surface area (Å²) in [5.41, 5.74) is 3.19. The van der Waals surface area contributed by atoms with Gasteiger partial charge in [0.05, 0.1) is 12.2 Å². The van der Waals surface area contributed by atoms with E-state index in [1.165, 1.54) is 22.1 Å². The van der Waals surface area contributed by atoms with E-state index in [4.69, 9.17) is 0 Å². The molecule has 0 bridgehead atoms. The Labute approximate surface area is 121 Å². The number of aromatic amines is 1. The lowest BCUT2D eigenvalue weighted by molar-refractivity contribution is 0.663. The van der Waals surface area contributed by atoms with Crippen molar-refractivity contribution in [3.05, 3.63) is 58.3 Å². The topological polar surface area (TPSA) is 66.3 Å². The monoisotopic (exact) mass is 281 g/mol. The number of H-pyrrole nitrogens is 1. The molecule has 0 amide bonds. The highest BCUT2D eigenvalue weighted by molar-refractivity contribution is 5.59. The van der Waals surface area contributed by atoms with Crippen molar-refractivity contribution in [2.24, 2.45) is 0 Å². The number of nitrogens with zero attached hydrogens (tertiary/aromatic N) is 4. The Morgan fingerprint density at radius 1 is 1.38 bits per heavy atom. The van der Waals surface area contributed by atoms with Crippen molar-refractivity contribution < 1.29 is 0 Å². The lowest BCUT2D eigenvalue weighted by atomic mass is 10.1. The number of nitrogens with one attached hydrogen (secondary N) is 1. The second kappa shape index (κ2) is 4.44. The van der Waals surface area contributed by atoms with Gasteiger partial charge >= 0.3 is 0 Å². The lowest BCUT2D eigenvalue weighted by Crippen LogP contribution is -2.30. The number of anilines is 1. The Kier molecular flexibility index (Phi) is 2.57. The predicted octanol–water partition coefficient (Wildman–Crippen LogP) is 1.37. The van der Waals surface area contributed by atoms with Crippen LogP contribution in [0.2, 0.25) is 0 Å². The van der Waals surface area contributed by atoms with Crippen molar-refractivity contribution in [2.75, 3.05) is 4.90 Å². The Bertz CT molecular complexity index is 866. The summed E-state index contributed by atoms with van der Waals surface area (Å²) >= 11 is 0. The molecule has 6 nitrogen and oxygen atoms in total. The number of fused-ring (bicyclic) bond motifs is 2. The van der Waals surface area contributed by atoms with Crippen LogP contribution >= 0.6 is 0 Å². The summed E-state index contributed by atoms with van der Waals surface area (Å²) in [6.07, 6.45) is 2.50. The maximum atomic E-state index is 12.0. The van der Waals surface area contributed by atoms with Crippen LogP contribution < -0.4 is 10.5 Å². The van der Waals surface area contributed by atoms with Crippen molar-refractivity contribution in [3.63, 3.8) is 0 Å². The largest absolute Gasteiger partial charge is 0.362 e. The van der Waals surface area contributed by atoms with Gasteiger partial charge in [0.15, 0.2) is 0 Å². The van der Waals surface area contributed by atoms with E-state index in [0.717, 1.165) is 12.1 Å². The molecule has 0 saturated heterocycles. The van der Waals surface area contributed by atoms with E-state index in [2.05, 4.69) is 45.1 Å². The highest BCUT2D eigenvalue weighted by Crippen LogP contribution is 2.32. The number of aromatic nitrogens is 4. The number of para-hydroxylation sites is 1. The third-order valence-corrected chi connectivity index (χ3v) is 4.00. The fourth-order valence-corrected chi connectivity index (χ4v) is 2.99. The second-order valence-corrected chi connectivity index (χ2v) is 5.42. The van der Waals surface area contributed by atoms with Gasteiger partial charge in [-0.15, -0.1) is 0 Å². The van der Waals surface area contributed by atoms with Crippen LogP contribution in [0.15, 0.2) is 41.5 Å². The van der Waals surface area contributed by atoms with Gasteiger partial charge in [0.25, 0.3) is 11.3 Å². The number of benzene rings is 1. The molecular formula is C15H15N5O. The lowest BCUT2D eigenvalue weighted by Gasteiger charge is -2.24. The second-order valence-electron chi connectivity index (χ2n) is 5.42. The highest BCUT2D eigenvalue weighted by atomic mass is 16.1. The SMILES string of the molecule is CC1Cc2ccccc2N1Cc1cc(=O)n2[nH]cnc2n1. The number of rotatable bonds is 2. The van der Waals surface area contributed by atoms with E-state index in [9.17, 15) is 4.79 Å². The van der Waals surface area contributed by atoms with Gasteiger partial charge in [-0.2, -0.15) is 4.52 Å². The Hall–Kier alpha value is -2.63. The Balaban J connectivity index is 1.73. The van der Waals surface area contributed by atoms with Crippen LogP contribution in [-0.2, 0) is 13.0 Å². The van der Waals surface area contributed by atoms with Crippen LogP contribution in [-0.4, -0.2) is 25.6 Å². The molecule has 0 spiro atoms. The van der Waals surface area contributed by atoms with Gasteiger partial charge in [0.1, 0.15) is 6.33 Å². The molecule has 0 fully saturated rings. The van der Waals surface area contributed by atoms with Crippen molar-refractivity contribution in [1.29, 1.82) is 0 Å². The van der Waals surface area contributed by atoms with E-state index in [1.54, 1.807) is 6.07 Å². The predicted molar refractivity (Wildman–Crippen MR) is 79.4 cm³/mol. The molecule has 4 rings (SSSR count). The van der Waals surface area contributed by atoms with Gasteiger partial charge in [0.2, 0.25) is 0 Å². The molecule has 1 aromatic carbocycles. The zero-order chi connectivity index (χ0) is 14.4. The normalized spacial score (nSPS) is 17.4. The molecular weight excluding hydrogens is 266 g/mol. The summed E-state index contributed by atoms with van der Waals surface area (Å²) in [6.45, 7) is 2.82. The molecule has 6 heteroatoms.